The first-order chi connectivity index (χ1) is 18.9. The molecule has 1 N–H and O–H groups in total. The Balaban J connectivity index is 1.57. The van der Waals surface area contributed by atoms with Gasteiger partial charge in [-0.05, 0) is 48.4 Å². The molecule has 0 saturated carbocycles. The van der Waals surface area contributed by atoms with Crippen molar-refractivity contribution in [2.45, 2.75) is 24.5 Å². The molecule has 1 unspecified atom stereocenters. The second-order valence-electron chi connectivity index (χ2n) is 9.15. The molecule has 7 nitrogen and oxygen atoms in total. The van der Waals surface area contributed by atoms with Crippen LogP contribution >= 0.6 is 0 Å². The lowest BCUT2D eigenvalue weighted by Gasteiger charge is -2.20. The number of nitrogens with one attached hydrogen (secondary N) is 1. The van der Waals surface area contributed by atoms with Crippen LogP contribution in [-0.2, 0) is 21.4 Å². The number of ether oxygens (including phenoxy) is 2. The molecule has 1 atom stereocenters. The van der Waals surface area contributed by atoms with Gasteiger partial charge in [0.2, 0.25) is 10.0 Å². The van der Waals surface area contributed by atoms with Crippen molar-refractivity contribution >= 4 is 27.0 Å². The normalized spacial score (nSPS) is 12.3. The maximum atomic E-state index is 13.5. The quantitative estimate of drug-likeness (QED) is 0.253. The van der Waals surface area contributed by atoms with E-state index in [1.54, 1.807) is 61.8 Å². The van der Waals surface area contributed by atoms with Crippen LogP contribution in [-0.4, -0.2) is 26.2 Å². The summed E-state index contributed by atoms with van der Waals surface area (Å²) in [6, 6.07) is 29.8. The molecule has 0 radical (unpaired) electrons. The van der Waals surface area contributed by atoms with Gasteiger partial charge in [0.15, 0.2) is 0 Å². The molecular formula is C31H28N2O5S. The Bertz CT molecular complexity index is 1690. The van der Waals surface area contributed by atoms with Crippen LogP contribution < -0.4 is 9.46 Å². The Morgan fingerprint density at radius 1 is 0.872 bits per heavy atom. The van der Waals surface area contributed by atoms with Gasteiger partial charge in [-0.15, -0.1) is 0 Å². The predicted molar refractivity (Wildman–Crippen MR) is 150 cm³/mol. The molecular weight excluding hydrogens is 512 g/mol. The lowest BCUT2D eigenvalue weighted by atomic mass is 9.99. The average Bonchev–Trinajstić information content (AvgIpc) is 3.35. The van der Waals surface area contributed by atoms with Crippen molar-refractivity contribution in [2.75, 3.05) is 7.11 Å². The number of carbonyl (C=O) groups excluding carboxylic acids is 1. The highest BCUT2D eigenvalue weighted by Crippen LogP contribution is 2.33. The number of rotatable bonds is 8. The SMILES string of the molecule is COc1ccc(C(NS(=O)(=O)c2ccc(C)cc2)c2cn(C(=O)OCc3ccccc3)c3ccccc23)cc1. The largest absolute Gasteiger partial charge is 0.497 e. The zero-order valence-corrected chi connectivity index (χ0v) is 22.4. The van der Waals surface area contributed by atoms with Crippen molar-refractivity contribution in [3.8, 4) is 5.75 Å². The molecule has 39 heavy (non-hydrogen) atoms. The first-order valence-corrected chi connectivity index (χ1v) is 13.9. The van der Waals surface area contributed by atoms with E-state index < -0.39 is 22.2 Å². The summed E-state index contributed by atoms with van der Waals surface area (Å²) in [4.78, 5) is 13.4. The summed E-state index contributed by atoms with van der Waals surface area (Å²) in [5, 5.41) is 0.724. The number of carbonyl (C=O) groups is 1. The molecule has 0 saturated heterocycles. The fraction of sp³-hybridized carbons (Fsp3) is 0.129. The lowest BCUT2D eigenvalue weighted by Crippen LogP contribution is -2.29. The number of sulfonamides is 1. The summed E-state index contributed by atoms with van der Waals surface area (Å²) in [6.45, 7) is 2.01. The molecule has 198 valence electrons. The third-order valence-corrected chi connectivity index (χ3v) is 7.95. The van der Waals surface area contributed by atoms with E-state index in [4.69, 9.17) is 9.47 Å². The van der Waals surface area contributed by atoms with Crippen LogP contribution in [0.3, 0.4) is 0 Å². The Hall–Kier alpha value is -4.40. The summed E-state index contributed by atoms with van der Waals surface area (Å²) in [6.07, 6.45) is 1.08. The zero-order valence-electron chi connectivity index (χ0n) is 21.6. The average molecular weight is 541 g/mol. The Kier molecular flexibility index (Phi) is 7.49. The number of hydrogen-bond donors (Lipinski definition) is 1. The lowest BCUT2D eigenvalue weighted by molar-refractivity contribution is 0.142. The van der Waals surface area contributed by atoms with Crippen molar-refractivity contribution in [1.29, 1.82) is 0 Å². The van der Waals surface area contributed by atoms with Gasteiger partial charge in [-0.2, -0.15) is 4.72 Å². The topological polar surface area (TPSA) is 86.6 Å². The van der Waals surface area contributed by atoms with Crippen LogP contribution in [0.4, 0.5) is 4.79 Å². The molecule has 1 aromatic heterocycles. The first kappa shape index (κ1) is 26.2. The van der Waals surface area contributed by atoms with E-state index in [1.807, 2.05) is 61.5 Å². The molecule has 0 spiro atoms. The monoisotopic (exact) mass is 540 g/mol. The van der Waals surface area contributed by atoms with Gasteiger partial charge < -0.3 is 9.47 Å². The van der Waals surface area contributed by atoms with Gasteiger partial charge in [-0.3, -0.25) is 4.57 Å². The first-order valence-electron chi connectivity index (χ1n) is 12.4. The van der Waals surface area contributed by atoms with E-state index in [0.717, 1.165) is 16.5 Å². The summed E-state index contributed by atoms with van der Waals surface area (Å²) in [5.74, 6) is 0.644. The maximum Gasteiger partial charge on any atom is 0.418 e. The summed E-state index contributed by atoms with van der Waals surface area (Å²) < 4.78 is 42.2. The molecule has 1 heterocycles. The Labute approximate surface area is 227 Å². The van der Waals surface area contributed by atoms with Crippen LogP contribution in [0.2, 0.25) is 0 Å². The highest BCUT2D eigenvalue weighted by molar-refractivity contribution is 7.89. The van der Waals surface area contributed by atoms with Gasteiger partial charge in [0, 0.05) is 17.1 Å². The van der Waals surface area contributed by atoms with Crippen molar-refractivity contribution < 1.29 is 22.7 Å². The summed E-state index contributed by atoms with van der Waals surface area (Å²) in [7, 11) is -2.35. The molecule has 8 heteroatoms. The minimum atomic E-state index is -3.92. The van der Waals surface area contributed by atoms with E-state index >= 15 is 0 Å². The van der Waals surface area contributed by atoms with Gasteiger partial charge in [0.25, 0.3) is 0 Å². The maximum absolute atomic E-state index is 13.5. The standard InChI is InChI=1S/C31H28N2O5S/c1-22-12-18-26(19-13-22)39(35,36)32-30(24-14-16-25(37-2)17-15-24)28-20-33(29-11-7-6-10-27(28)29)31(34)38-21-23-8-4-3-5-9-23/h3-20,30,32H,21H2,1-2H3. The predicted octanol–water partition coefficient (Wildman–Crippen LogP) is 6.21. The molecule has 0 aliphatic carbocycles. The van der Waals surface area contributed by atoms with E-state index in [-0.39, 0.29) is 11.5 Å². The van der Waals surface area contributed by atoms with Crippen LogP contribution in [0.25, 0.3) is 10.9 Å². The number of methoxy groups -OCH3 is 1. The van der Waals surface area contributed by atoms with Crippen LogP contribution in [0.5, 0.6) is 5.75 Å². The number of aryl methyl sites for hydroxylation is 1. The fourth-order valence-electron chi connectivity index (χ4n) is 4.42. The second-order valence-corrected chi connectivity index (χ2v) is 10.9. The van der Waals surface area contributed by atoms with E-state index in [9.17, 15) is 13.2 Å². The number of benzene rings is 4. The van der Waals surface area contributed by atoms with E-state index in [1.165, 1.54) is 4.57 Å². The smallest absolute Gasteiger partial charge is 0.418 e. The van der Waals surface area contributed by atoms with Gasteiger partial charge in [-0.1, -0.05) is 78.4 Å². The van der Waals surface area contributed by atoms with Crippen LogP contribution in [0, 0.1) is 6.92 Å². The highest BCUT2D eigenvalue weighted by atomic mass is 32.2. The van der Waals surface area contributed by atoms with Gasteiger partial charge in [-0.25, -0.2) is 13.2 Å². The fourth-order valence-corrected chi connectivity index (χ4v) is 5.63. The molecule has 4 aromatic carbocycles. The van der Waals surface area contributed by atoms with Gasteiger partial charge in [0.1, 0.15) is 12.4 Å². The molecule has 0 fully saturated rings. The third kappa shape index (κ3) is 5.72. The van der Waals surface area contributed by atoms with Crippen molar-refractivity contribution in [3.05, 3.63) is 132 Å². The zero-order chi connectivity index (χ0) is 27.4. The molecule has 0 bridgehead atoms. The molecule has 0 aliphatic rings. The molecule has 0 aliphatic heterocycles. The van der Waals surface area contributed by atoms with Gasteiger partial charge in [0.05, 0.1) is 23.6 Å². The number of nitrogens with zero attached hydrogens (tertiary/aromatic N) is 1. The Morgan fingerprint density at radius 2 is 1.54 bits per heavy atom. The molecule has 5 rings (SSSR count). The number of fused-ring (bicyclic) bond motifs is 1. The van der Waals surface area contributed by atoms with E-state index in [0.29, 0.717) is 22.4 Å². The minimum Gasteiger partial charge on any atom is -0.497 e. The van der Waals surface area contributed by atoms with Gasteiger partial charge >= 0.3 is 6.09 Å². The highest BCUT2D eigenvalue weighted by Gasteiger charge is 2.27. The molecule has 0 amide bonds. The Morgan fingerprint density at radius 3 is 2.23 bits per heavy atom. The van der Waals surface area contributed by atoms with Crippen LogP contribution in [0.15, 0.2) is 114 Å². The van der Waals surface area contributed by atoms with Crippen LogP contribution in [0.1, 0.15) is 28.3 Å². The van der Waals surface area contributed by atoms with Crippen molar-refractivity contribution in [2.24, 2.45) is 0 Å². The number of hydrogen-bond acceptors (Lipinski definition) is 5. The second kappa shape index (κ2) is 11.1. The summed E-state index contributed by atoms with van der Waals surface area (Å²) in [5.41, 5.74) is 3.73. The minimum absolute atomic E-state index is 0.115. The van der Waals surface area contributed by atoms with Crippen molar-refractivity contribution in [1.82, 2.24) is 9.29 Å². The van der Waals surface area contributed by atoms with Crippen molar-refractivity contribution in [3.63, 3.8) is 0 Å². The van der Waals surface area contributed by atoms with E-state index in [2.05, 4.69) is 4.72 Å². The summed E-state index contributed by atoms with van der Waals surface area (Å²) >= 11 is 0. The molecule has 5 aromatic rings. The third-order valence-electron chi connectivity index (χ3n) is 6.51. The number of para-hydroxylation sites is 1. The number of aromatic nitrogens is 1.